The van der Waals surface area contributed by atoms with Crippen molar-refractivity contribution in [2.75, 3.05) is 19.0 Å². The van der Waals surface area contributed by atoms with Crippen LogP contribution in [0.2, 0.25) is 0 Å². The third kappa shape index (κ3) is 6.93. The van der Waals surface area contributed by atoms with Gasteiger partial charge in [0.25, 0.3) is 5.91 Å². The second-order valence-electron chi connectivity index (χ2n) is 10.3. The lowest BCUT2D eigenvalue weighted by Crippen LogP contribution is -2.30. The van der Waals surface area contributed by atoms with Crippen LogP contribution < -0.4 is 5.32 Å². The number of aliphatic hydroxyl groups is 1. The number of nitrogens with one attached hydrogen (secondary N) is 1. The summed E-state index contributed by atoms with van der Waals surface area (Å²) >= 11 is 1.79. The largest absolute Gasteiger partial charge is 0.416 e. The summed E-state index contributed by atoms with van der Waals surface area (Å²) in [7, 11) is 0. The first kappa shape index (κ1) is 29.1. The van der Waals surface area contributed by atoms with Crippen molar-refractivity contribution in [1.29, 1.82) is 0 Å². The fourth-order valence-electron chi connectivity index (χ4n) is 4.90. The molecule has 3 aromatic carbocycles. The Morgan fingerprint density at radius 1 is 1.05 bits per heavy atom. The van der Waals surface area contributed by atoms with Crippen molar-refractivity contribution in [2.24, 2.45) is 5.92 Å². The van der Waals surface area contributed by atoms with E-state index in [0.29, 0.717) is 22.7 Å². The molecule has 10 heteroatoms. The van der Waals surface area contributed by atoms with Gasteiger partial charge in [-0.15, -0.1) is 11.8 Å². The van der Waals surface area contributed by atoms with Gasteiger partial charge in [0, 0.05) is 39.2 Å². The average molecular weight is 589 g/mol. The number of benzene rings is 3. The molecular weight excluding hydrogens is 559 g/mol. The standard InChI is InChI=1S/C31H29F5N2O2S/c32-11-12-38-25(14-21-3-7-24(33)16-27(21)31(34,35)36)15-23-13-22(6-10-29(23)38)30(40)37-28(17-39)20-4-8-26(9-5-20)41-18-19-1-2-19/h3-10,13,15-16,19,28,39H,1-2,11-12,14,17-18H2,(H,37,40). The molecule has 1 aliphatic carbocycles. The zero-order valence-corrected chi connectivity index (χ0v) is 22.9. The summed E-state index contributed by atoms with van der Waals surface area (Å²) in [5, 5.41) is 13.4. The van der Waals surface area contributed by atoms with Crippen molar-refractivity contribution in [3.05, 3.63) is 100 Å². The molecule has 216 valence electrons. The SMILES string of the molecule is O=C(NC(CO)c1ccc(SCC2CC2)cc1)c1ccc2c(c1)cc(Cc1ccc(F)cc1C(F)(F)F)n2CCF. The first-order valence-electron chi connectivity index (χ1n) is 13.3. The predicted octanol–water partition coefficient (Wildman–Crippen LogP) is 7.33. The maximum absolute atomic E-state index is 13.6. The van der Waals surface area contributed by atoms with Gasteiger partial charge in [0.05, 0.1) is 24.8 Å². The van der Waals surface area contributed by atoms with Crippen LogP contribution in [0, 0.1) is 11.7 Å². The molecular formula is C31H29F5N2O2S. The zero-order valence-electron chi connectivity index (χ0n) is 22.1. The highest BCUT2D eigenvalue weighted by Gasteiger charge is 2.34. The number of nitrogens with zero attached hydrogens (tertiary/aromatic N) is 1. The third-order valence-electron chi connectivity index (χ3n) is 7.26. The molecule has 0 aliphatic heterocycles. The van der Waals surface area contributed by atoms with E-state index in [2.05, 4.69) is 5.32 Å². The topological polar surface area (TPSA) is 54.3 Å². The lowest BCUT2D eigenvalue weighted by molar-refractivity contribution is -0.138. The number of halogens is 5. The van der Waals surface area contributed by atoms with Crippen LogP contribution in [0.5, 0.6) is 0 Å². The van der Waals surface area contributed by atoms with Gasteiger partial charge in [-0.1, -0.05) is 18.2 Å². The van der Waals surface area contributed by atoms with Crippen molar-refractivity contribution in [1.82, 2.24) is 9.88 Å². The van der Waals surface area contributed by atoms with Crippen LogP contribution in [0.25, 0.3) is 10.9 Å². The van der Waals surface area contributed by atoms with Crippen molar-refractivity contribution in [3.8, 4) is 0 Å². The Morgan fingerprint density at radius 3 is 2.46 bits per heavy atom. The highest BCUT2D eigenvalue weighted by molar-refractivity contribution is 7.99. The first-order chi connectivity index (χ1) is 19.7. The van der Waals surface area contributed by atoms with Gasteiger partial charge in [-0.2, -0.15) is 13.2 Å². The fourth-order valence-corrected chi connectivity index (χ4v) is 5.99. The lowest BCUT2D eigenvalue weighted by Gasteiger charge is -2.17. The number of alkyl halides is 4. The van der Waals surface area contributed by atoms with Crippen LogP contribution in [0.15, 0.2) is 71.6 Å². The minimum Gasteiger partial charge on any atom is -0.394 e. The highest BCUT2D eigenvalue weighted by Crippen LogP contribution is 2.36. The molecule has 0 radical (unpaired) electrons. The quantitative estimate of drug-likeness (QED) is 0.143. The van der Waals surface area contributed by atoms with Gasteiger partial charge in [-0.3, -0.25) is 4.79 Å². The number of aliphatic hydroxyl groups excluding tert-OH is 1. The Bertz CT molecular complexity index is 1530. The van der Waals surface area contributed by atoms with Crippen LogP contribution in [0.3, 0.4) is 0 Å². The summed E-state index contributed by atoms with van der Waals surface area (Å²) in [5.41, 5.74) is 0.785. The van der Waals surface area contributed by atoms with Crippen molar-refractivity contribution >= 4 is 28.6 Å². The van der Waals surface area contributed by atoms with Crippen LogP contribution in [0.4, 0.5) is 22.0 Å². The molecule has 0 bridgehead atoms. The van der Waals surface area contributed by atoms with Gasteiger partial charge >= 0.3 is 6.18 Å². The van der Waals surface area contributed by atoms with Gasteiger partial charge in [0.1, 0.15) is 12.5 Å². The molecule has 2 N–H and O–H groups in total. The molecule has 1 amide bonds. The maximum Gasteiger partial charge on any atom is 0.416 e. The van der Waals surface area contributed by atoms with E-state index in [-0.39, 0.29) is 30.7 Å². The highest BCUT2D eigenvalue weighted by atomic mass is 32.2. The molecule has 1 saturated carbocycles. The van der Waals surface area contributed by atoms with Crippen molar-refractivity contribution < 1.29 is 31.9 Å². The average Bonchev–Trinajstić information content (AvgIpc) is 3.73. The number of thioether (sulfide) groups is 1. The molecule has 1 aromatic heterocycles. The first-order valence-corrected chi connectivity index (χ1v) is 14.3. The molecule has 1 unspecified atom stereocenters. The van der Waals surface area contributed by atoms with E-state index in [0.717, 1.165) is 34.3 Å². The molecule has 0 saturated heterocycles. The minimum atomic E-state index is -4.75. The van der Waals surface area contributed by atoms with Gasteiger partial charge in [-0.05, 0) is 78.4 Å². The molecule has 4 nitrogen and oxygen atoms in total. The maximum atomic E-state index is 13.6. The molecule has 5 rings (SSSR count). The van der Waals surface area contributed by atoms with Crippen molar-refractivity contribution in [3.63, 3.8) is 0 Å². The number of hydrogen-bond acceptors (Lipinski definition) is 3. The Balaban J connectivity index is 1.36. The predicted molar refractivity (Wildman–Crippen MR) is 149 cm³/mol. The van der Waals surface area contributed by atoms with Gasteiger partial charge in [-0.25, -0.2) is 8.78 Å². The van der Waals surface area contributed by atoms with Crippen LogP contribution in [0.1, 0.15) is 51.6 Å². The molecule has 0 spiro atoms. The molecule has 41 heavy (non-hydrogen) atoms. The molecule has 1 fully saturated rings. The summed E-state index contributed by atoms with van der Waals surface area (Å²) < 4.78 is 69.3. The Morgan fingerprint density at radius 2 is 1.80 bits per heavy atom. The van der Waals surface area contributed by atoms with Crippen LogP contribution in [-0.4, -0.2) is 34.6 Å². The zero-order chi connectivity index (χ0) is 29.1. The summed E-state index contributed by atoms with van der Waals surface area (Å²) in [6.07, 6.45) is -2.39. The summed E-state index contributed by atoms with van der Waals surface area (Å²) in [6, 6.07) is 16.0. The number of carbonyl (C=O) groups excluding carboxylic acids is 1. The summed E-state index contributed by atoms with van der Waals surface area (Å²) in [4.78, 5) is 14.3. The number of carbonyl (C=O) groups is 1. The molecule has 4 aromatic rings. The Hall–Kier alpha value is -3.37. The number of fused-ring (bicyclic) bond motifs is 1. The van der Waals surface area contributed by atoms with E-state index in [1.807, 2.05) is 24.3 Å². The monoisotopic (exact) mass is 588 g/mol. The fraction of sp³-hybridized carbons (Fsp3) is 0.323. The van der Waals surface area contributed by atoms with Crippen molar-refractivity contribution in [2.45, 2.75) is 42.9 Å². The summed E-state index contributed by atoms with van der Waals surface area (Å²) in [5.74, 6) is 0.456. The van der Waals surface area contributed by atoms with E-state index >= 15 is 0 Å². The molecule has 1 heterocycles. The number of aromatic nitrogens is 1. The van der Waals surface area contributed by atoms with Gasteiger partial charge < -0.3 is 15.0 Å². The van der Waals surface area contributed by atoms with Gasteiger partial charge in [0.2, 0.25) is 0 Å². The number of hydrogen-bond donors (Lipinski definition) is 2. The Kier molecular flexibility index (Phi) is 8.70. The second-order valence-corrected chi connectivity index (χ2v) is 11.4. The van der Waals surface area contributed by atoms with E-state index in [4.69, 9.17) is 0 Å². The lowest BCUT2D eigenvalue weighted by atomic mass is 10.0. The second kappa shape index (κ2) is 12.2. The molecule has 1 atom stereocenters. The Labute approximate surface area is 238 Å². The third-order valence-corrected chi connectivity index (χ3v) is 8.50. The normalized spacial score (nSPS) is 14.4. The van der Waals surface area contributed by atoms with Gasteiger partial charge in [0.15, 0.2) is 0 Å². The van der Waals surface area contributed by atoms with Crippen LogP contribution in [-0.2, 0) is 19.1 Å². The summed E-state index contributed by atoms with van der Waals surface area (Å²) in [6.45, 7) is -1.14. The van der Waals surface area contributed by atoms with E-state index < -0.39 is 36.2 Å². The smallest absolute Gasteiger partial charge is 0.394 e. The molecule has 1 aliphatic rings. The number of amides is 1. The number of aryl methyl sites for hydroxylation is 1. The van der Waals surface area contributed by atoms with E-state index in [9.17, 15) is 31.9 Å². The minimum absolute atomic E-state index is 0.0888. The number of rotatable bonds is 11. The van der Waals surface area contributed by atoms with E-state index in [1.54, 1.807) is 40.6 Å². The van der Waals surface area contributed by atoms with E-state index in [1.165, 1.54) is 12.8 Å². The van der Waals surface area contributed by atoms with Crippen LogP contribution >= 0.6 is 11.8 Å².